The molecular formula is C25H26F6O. The molecule has 0 radical (unpaired) electrons. The molecule has 3 rings (SSSR count). The number of hydrogen-bond acceptors (Lipinski definition) is 1. The number of hydrogen-bond donors (Lipinski definition) is 0. The smallest absolute Gasteiger partial charge is 0.201 e. The molecule has 1 nitrogen and oxygen atoms in total. The molecule has 0 amide bonds. The highest BCUT2D eigenvalue weighted by Gasteiger charge is 2.27. The number of ether oxygens (including phenoxy) is 1. The molecule has 1 fully saturated rings. The Morgan fingerprint density at radius 3 is 2.16 bits per heavy atom. The van der Waals surface area contributed by atoms with E-state index in [9.17, 15) is 26.3 Å². The van der Waals surface area contributed by atoms with Gasteiger partial charge in [0.15, 0.2) is 23.2 Å². The van der Waals surface area contributed by atoms with Gasteiger partial charge in [0, 0.05) is 17.5 Å². The highest BCUT2D eigenvalue weighted by Crippen LogP contribution is 2.41. The molecule has 0 atom stereocenters. The second kappa shape index (κ2) is 10.9. The van der Waals surface area contributed by atoms with E-state index in [1.165, 1.54) is 31.4 Å². The Bertz CT molecular complexity index is 963. The van der Waals surface area contributed by atoms with Crippen LogP contribution in [0.15, 0.2) is 36.2 Å². The van der Waals surface area contributed by atoms with E-state index in [2.05, 4.69) is 0 Å². The first kappa shape index (κ1) is 24.2. The monoisotopic (exact) mass is 456 g/mol. The normalized spacial score (nSPS) is 19.3. The first-order chi connectivity index (χ1) is 15.4. The molecule has 2 aromatic carbocycles. The molecule has 0 spiro atoms. The lowest BCUT2D eigenvalue weighted by molar-refractivity contribution is 0.305. The van der Waals surface area contributed by atoms with Gasteiger partial charge in [-0.15, -0.1) is 0 Å². The van der Waals surface area contributed by atoms with Crippen molar-refractivity contribution in [3.63, 3.8) is 0 Å². The van der Waals surface area contributed by atoms with E-state index in [1.54, 1.807) is 0 Å². The summed E-state index contributed by atoms with van der Waals surface area (Å²) in [7, 11) is 1.18. The fraction of sp³-hybridized carbons (Fsp3) is 0.440. The Morgan fingerprint density at radius 1 is 0.906 bits per heavy atom. The van der Waals surface area contributed by atoms with E-state index < -0.39 is 35.8 Å². The SMILES string of the molecule is COc1ccc(-c2ccc(C3CCC(CC/C=C(\F)CCF)CC3)c(F)c2F)c(F)c1F. The van der Waals surface area contributed by atoms with Crippen LogP contribution in [0.2, 0.25) is 0 Å². The topological polar surface area (TPSA) is 9.23 Å². The number of alkyl halides is 1. The minimum Gasteiger partial charge on any atom is -0.494 e. The van der Waals surface area contributed by atoms with Crippen molar-refractivity contribution in [2.75, 3.05) is 13.8 Å². The van der Waals surface area contributed by atoms with Crippen LogP contribution in [0.4, 0.5) is 26.3 Å². The predicted octanol–water partition coefficient (Wildman–Crippen LogP) is 8.19. The summed E-state index contributed by atoms with van der Waals surface area (Å²) in [6.07, 6.45) is 5.43. The molecule has 1 aliphatic rings. The van der Waals surface area contributed by atoms with Gasteiger partial charge >= 0.3 is 0 Å². The number of benzene rings is 2. The van der Waals surface area contributed by atoms with Crippen LogP contribution in [0.3, 0.4) is 0 Å². The lowest BCUT2D eigenvalue weighted by atomic mass is 9.77. The second-order valence-electron chi connectivity index (χ2n) is 8.16. The summed E-state index contributed by atoms with van der Waals surface area (Å²) < 4.78 is 88.1. The summed E-state index contributed by atoms with van der Waals surface area (Å²) in [4.78, 5) is 0. The number of rotatable bonds is 8. The second-order valence-corrected chi connectivity index (χ2v) is 8.16. The number of allylic oxidation sites excluding steroid dienone is 2. The minimum atomic E-state index is -1.30. The zero-order valence-electron chi connectivity index (χ0n) is 17.9. The lowest BCUT2D eigenvalue weighted by Crippen LogP contribution is -2.15. The van der Waals surface area contributed by atoms with Crippen LogP contribution in [0.5, 0.6) is 5.75 Å². The molecule has 7 heteroatoms. The Morgan fingerprint density at radius 2 is 1.53 bits per heavy atom. The maximum atomic E-state index is 14.9. The van der Waals surface area contributed by atoms with Crippen LogP contribution in [0, 0.1) is 29.2 Å². The first-order valence-electron chi connectivity index (χ1n) is 10.8. The maximum absolute atomic E-state index is 14.9. The van der Waals surface area contributed by atoms with Gasteiger partial charge < -0.3 is 4.74 Å². The van der Waals surface area contributed by atoms with Crippen molar-refractivity contribution < 1.29 is 31.1 Å². The molecule has 0 saturated heterocycles. The van der Waals surface area contributed by atoms with Crippen molar-refractivity contribution in [3.05, 3.63) is 65.0 Å². The summed E-state index contributed by atoms with van der Waals surface area (Å²) in [6, 6.07) is 5.04. The van der Waals surface area contributed by atoms with E-state index in [4.69, 9.17) is 4.74 Å². The third kappa shape index (κ3) is 5.30. The van der Waals surface area contributed by atoms with Crippen LogP contribution >= 0.6 is 0 Å². The van der Waals surface area contributed by atoms with Crippen LogP contribution < -0.4 is 4.74 Å². The fourth-order valence-electron chi connectivity index (χ4n) is 4.42. The molecule has 0 bridgehead atoms. The van der Waals surface area contributed by atoms with Crippen molar-refractivity contribution >= 4 is 0 Å². The van der Waals surface area contributed by atoms with Gasteiger partial charge in [0.2, 0.25) is 5.82 Å². The molecule has 174 valence electrons. The van der Waals surface area contributed by atoms with Gasteiger partial charge in [-0.05, 0) is 68.1 Å². The molecular weight excluding hydrogens is 430 g/mol. The van der Waals surface area contributed by atoms with Crippen molar-refractivity contribution in [3.8, 4) is 16.9 Å². The van der Waals surface area contributed by atoms with Crippen molar-refractivity contribution in [2.24, 2.45) is 5.92 Å². The average Bonchev–Trinajstić information content (AvgIpc) is 2.79. The summed E-state index contributed by atoms with van der Waals surface area (Å²) in [5.41, 5.74) is -0.489. The van der Waals surface area contributed by atoms with Crippen molar-refractivity contribution in [1.82, 2.24) is 0 Å². The van der Waals surface area contributed by atoms with Crippen LogP contribution in [-0.4, -0.2) is 13.8 Å². The van der Waals surface area contributed by atoms with Gasteiger partial charge in [-0.25, -0.2) is 17.6 Å². The zero-order valence-corrected chi connectivity index (χ0v) is 17.9. The Kier molecular flexibility index (Phi) is 8.26. The largest absolute Gasteiger partial charge is 0.494 e. The first-order valence-corrected chi connectivity index (χ1v) is 10.8. The zero-order chi connectivity index (χ0) is 23.3. The highest BCUT2D eigenvalue weighted by atomic mass is 19.2. The third-order valence-electron chi connectivity index (χ3n) is 6.23. The van der Waals surface area contributed by atoms with Crippen molar-refractivity contribution in [1.29, 1.82) is 0 Å². The fourth-order valence-corrected chi connectivity index (χ4v) is 4.42. The van der Waals surface area contributed by atoms with Gasteiger partial charge in [-0.1, -0.05) is 18.2 Å². The average molecular weight is 456 g/mol. The van der Waals surface area contributed by atoms with E-state index in [0.29, 0.717) is 25.2 Å². The van der Waals surface area contributed by atoms with Crippen molar-refractivity contribution in [2.45, 2.75) is 50.9 Å². The van der Waals surface area contributed by atoms with Gasteiger partial charge in [-0.3, -0.25) is 4.39 Å². The summed E-state index contributed by atoms with van der Waals surface area (Å²) in [6.45, 7) is -0.714. The van der Waals surface area contributed by atoms with E-state index in [0.717, 1.165) is 25.3 Å². The minimum absolute atomic E-state index is 0.175. The quantitative estimate of drug-likeness (QED) is 0.364. The molecule has 32 heavy (non-hydrogen) atoms. The molecule has 0 N–H and O–H groups in total. The molecule has 2 aromatic rings. The molecule has 1 saturated carbocycles. The molecule has 0 aliphatic heterocycles. The lowest BCUT2D eigenvalue weighted by Gasteiger charge is -2.29. The summed E-state index contributed by atoms with van der Waals surface area (Å²) >= 11 is 0. The van der Waals surface area contributed by atoms with E-state index >= 15 is 0 Å². The Labute approximate surface area is 184 Å². The summed E-state index contributed by atoms with van der Waals surface area (Å²) in [5.74, 6) is -5.39. The van der Waals surface area contributed by atoms with Crippen LogP contribution in [0.25, 0.3) is 11.1 Å². The summed E-state index contributed by atoms with van der Waals surface area (Å²) in [5, 5.41) is 0. The third-order valence-corrected chi connectivity index (χ3v) is 6.23. The highest BCUT2D eigenvalue weighted by molar-refractivity contribution is 5.66. The van der Waals surface area contributed by atoms with Gasteiger partial charge in [0.25, 0.3) is 0 Å². The molecule has 0 heterocycles. The number of halogens is 6. The number of methoxy groups -OCH3 is 1. The standard InChI is InChI=1S/C25H26F6O/c1-32-21-12-11-20(24(30)25(21)31)19-10-9-18(22(28)23(19)29)16-7-5-15(6-8-16)3-2-4-17(27)13-14-26/h4,9-12,15-16H,2-3,5-8,13-14H2,1H3/b17-4-. The maximum Gasteiger partial charge on any atom is 0.201 e. The van der Waals surface area contributed by atoms with E-state index in [-0.39, 0.29) is 34.8 Å². The van der Waals surface area contributed by atoms with Gasteiger partial charge in [0.05, 0.1) is 19.6 Å². The Balaban J connectivity index is 1.69. The van der Waals surface area contributed by atoms with Gasteiger partial charge in [-0.2, -0.15) is 4.39 Å². The Hall–Kier alpha value is -2.44. The molecule has 0 unspecified atom stereocenters. The molecule has 1 aliphatic carbocycles. The predicted molar refractivity (Wildman–Crippen MR) is 112 cm³/mol. The van der Waals surface area contributed by atoms with Crippen LogP contribution in [-0.2, 0) is 0 Å². The molecule has 0 aromatic heterocycles. The van der Waals surface area contributed by atoms with E-state index in [1.807, 2.05) is 0 Å². The van der Waals surface area contributed by atoms with Gasteiger partial charge in [0.1, 0.15) is 0 Å². The van der Waals surface area contributed by atoms with Crippen LogP contribution in [0.1, 0.15) is 56.4 Å².